The second-order valence-electron chi connectivity index (χ2n) is 5.54. The van der Waals surface area contributed by atoms with Crippen LogP contribution in [0.3, 0.4) is 0 Å². The highest BCUT2D eigenvalue weighted by molar-refractivity contribution is 14.0. The first-order valence-electron chi connectivity index (χ1n) is 8.22. The van der Waals surface area contributed by atoms with E-state index in [1.807, 2.05) is 0 Å². The van der Waals surface area contributed by atoms with Gasteiger partial charge in [0.25, 0.3) is 0 Å². The molecule has 1 aromatic heterocycles. The van der Waals surface area contributed by atoms with Gasteiger partial charge >= 0.3 is 5.97 Å². The molecular weight excluding hydrogens is 439 g/mol. The summed E-state index contributed by atoms with van der Waals surface area (Å²) in [5, 5.41) is 6.57. The van der Waals surface area contributed by atoms with Crippen molar-refractivity contribution in [2.75, 3.05) is 26.7 Å². The number of hydrogen-bond donors (Lipinski definition) is 1. The number of aryl methyl sites for hydroxylation is 1. The summed E-state index contributed by atoms with van der Waals surface area (Å²) >= 11 is 1.69. The number of nitrogens with one attached hydrogen (secondary N) is 1. The average molecular weight is 466 g/mol. The summed E-state index contributed by atoms with van der Waals surface area (Å²) < 4.78 is 4.84. The first-order chi connectivity index (χ1) is 11.2. The predicted octanol–water partition coefficient (Wildman–Crippen LogP) is 2.67. The van der Waals surface area contributed by atoms with Crippen molar-refractivity contribution in [3.05, 3.63) is 16.1 Å². The Morgan fingerprint density at radius 2 is 2.17 bits per heavy atom. The van der Waals surface area contributed by atoms with Gasteiger partial charge in [-0.1, -0.05) is 6.92 Å². The molecule has 0 aromatic carbocycles. The van der Waals surface area contributed by atoms with E-state index in [0.29, 0.717) is 6.54 Å². The number of carbonyl (C=O) groups excluding carboxylic acids is 1. The number of thiazole rings is 1. The molecule has 1 aromatic rings. The van der Waals surface area contributed by atoms with E-state index < -0.39 is 0 Å². The minimum atomic E-state index is -0.0962. The number of ether oxygens (including phenoxy) is 1. The molecule has 6 nitrogen and oxygen atoms in total. The Labute approximate surface area is 165 Å². The van der Waals surface area contributed by atoms with Crippen LogP contribution in [-0.4, -0.2) is 48.6 Å². The van der Waals surface area contributed by atoms with Gasteiger partial charge in [-0.25, -0.2) is 9.98 Å². The number of aliphatic imine (C=N–C) groups is 1. The molecule has 136 valence electrons. The second kappa shape index (κ2) is 10.9. The maximum absolute atomic E-state index is 11.6. The lowest BCUT2D eigenvalue weighted by Gasteiger charge is -2.33. The SMILES string of the molecule is CCNC(=NCc1csc(CC)n1)N1CCC(C(=O)OC)CC1.I. The summed E-state index contributed by atoms with van der Waals surface area (Å²) in [6, 6.07) is 0. The van der Waals surface area contributed by atoms with Crippen molar-refractivity contribution in [1.29, 1.82) is 0 Å². The Morgan fingerprint density at radius 3 is 2.71 bits per heavy atom. The van der Waals surface area contributed by atoms with Crippen molar-refractivity contribution in [2.24, 2.45) is 10.9 Å². The number of hydrogen-bond acceptors (Lipinski definition) is 5. The summed E-state index contributed by atoms with van der Waals surface area (Å²) in [6.07, 6.45) is 2.59. The third kappa shape index (κ3) is 5.87. The molecule has 0 saturated carbocycles. The van der Waals surface area contributed by atoms with Gasteiger partial charge in [-0.3, -0.25) is 4.79 Å². The minimum absolute atomic E-state index is 0. The summed E-state index contributed by atoms with van der Waals surface area (Å²) in [4.78, 5) is 23.1. The average Bonchev–Trinajstić information content (AvgIpc) is 3.06. The zero-order valence-corrected chi connectivity index (χ0v) is 17.7. The van der Waals surface area contributed by atoms with Crippen molar-refractivity contribution in [1.82, 2.24) is 15.2 Å². The van der Waals surface area contributed by atoms with E-state index in [1.54, 1.807) is 11.3 Å². The van der Waals surface area contributed by atoms with E-state index >= 15 is 0 Å². The van der Waals surface area contributed by atoms with Crippen LogP contribution >= 0.6 is 35.3 Å². The van der Waals surface area contributed by atoms with Crippen molar-refractivity contribution in [3.8, 4) is 0 Å². The largest absolute Gasteiger partial charge is 0.469 e. The van der Waals surface area contributed by atoms with Gasteiger partial charge in [0, 0.05) is 25.0 Å². The number of halogens is 1. The number of likely N-dealkylation sites (tertiary alicyclic amines) is 1. The molecule has 0 amide bonds. The predicted molar refractivity (Wildman–Crippen MR) is 108 cm³/mol. The van der Waals surface area contributed by atoms with Crippen LogP contribution in [0, 0.1) is 5.92 Å². The fourth-order valence-corrected chi connectivity index (χ4v) is 3.40. The number of methoxy groups -OCH3 is 1. The van der Waals surface area contributed by atoms with Gasteiger partial charge in [-0.15, -0.1) is 35.3 Å². The molecule has 24 heavy (non-hydrogen) atoms. The molecule has 1 aliphatic rings. The lowest BCUT2D eigenvalue weighted by molar-refractivity contribution is -0.146. The van der Waals surface area contributed by atoms with Crippen LogP contribution in [0.15, 0.2) is 10.4 Å². The van der Waals surface area contributed by atoms with Crippen LogP contribution < -0.4 is 5.32 Å². The molecule has 0 unspecified atom stereocenters. The zero-order valence-electron chi connectivity index (χ0n) is 14.6. The Balaban J connectivity index is 0.00000288. The Kier molecular flexibility index (Phi) is 9.57. The van der Waals surface area contributed by atoms with E-state index in [9.17, 15) is 4.79 Å². The van der Waals surface area contributed by atoms with Crippen LogP contribution in [0.1, 0.15) is 37.4 Å². The molecule has 1 fully saturated rings. The summed E-state index contributed by atoms with van der Waals surface area (Å²) in [5.41, 5.74) is 1.02. The van der Waals surface area contributed by atoms with Crippen molar-refractivity contribution < 1.29 is 9.53 Å². The van der Waals surface area contributed by atoms with Crippen molar-refractivity contribution >= 4 is 47.2 Å². The number of esters is 1. The van der Waals surface area contributed by atoms with E-state index in [-0.39, 0.29) is 35.9 Å². The number of nitrogens with zero attached hydrogens (tertiary/aromatic N) is 3. The van der Waals surface area contributed by atoms with Gasteiger partial charge in [0.05, 0.1) is 30.3 Å². The Bertz CT molecular complexity index is 542. The first-order valence-corrected chi connectivity index (χ1v) is 9.10. The first kappa shape index (κ1) is 21.1. The smallest absolute Gasteiger partial charge is 0.308 e. The highest BCUT2D eigenvalue weighted by Crippen LogP contribution is 2.19. The molecule has 1 saturated heterocycles. The van der Waals surface area contributed by atoms with Crippen LogP contribution in [0.4, 0.5) is 0 Å². The summed E-state index contributed by atoms with van der Waals surface area (Å²) in [6.45, 7) is 7.24. The molecule has 1 aliphatic heterocycles. The number of rotatable bonds is 5. The molecule has 0 spiro atoms. The molecular formula is C16H27IN4O2S. The Morgan fingerprint density at radius 1 is 1.46 bits per heavy atom. The maximum Gasteiger partial charge on any atom is 0.308 e. The van der Waals surface area contributed by atoms with E-state index in [1.165, 1.54) is 7.11 Å². The maximum atomic E-state index is 11.6. The van der Waals surface area contributed by atoms with E-state index in [4.69, 9.17) is 9.73 Å². The standard InChI is InChI=1S/C16H26N4O2S.HI/c1-4-14-19-13(11-23-14)10-18-16(17-5-2)20-8-6-12(7-9-20)15(21)22-3;/h11-12H,4-10H2,1-3H3,(H,17,18);1H. The van der Waals surface area contributed by atoms with E-state index in [0.717, 1.165) is 55.6 Å². The summed E-state index contributed by atoms with van der Waals surface area (Å²) in [5.74, 6) is 0.827. The van der Waals surface area contributed by atoms with Gasteiger partial charge in [0.15, 0.2) is 5.96 Å². The monoisotopic (exact) mass is 466 g/mol. The molecule has 8 heteroatoms. The van der Waals surface area contributed by atoms with Crippen LogP contribution in [0.25, 0.3) is 0 Å². The molecule has 0 aliphatic carbocycles. The normalized spacial score (nSPS) is 15.8. The number of carbonyl (C=O) groups is 1. The van der Waals surface area contributed by atoms with Gasteiger partial charge in [-0.05, 0) is 26.2 Å². The fraction of sp³-hybridized carbons (Fsp3) is 0.688. The van der Waals surface area contributed by atoms with Crippen LogP contribution in [0.5, 0.6) is 0 Å². The quantitative estimate of drug-likeness (QED) is 0.313. The summed E-state index contributed by atoms with van der Waals surface area (Å²) in [7, 11) is 1.46. The van der Waals surface area contributed by atoms with Gasteiger partial charge in [-0.2, -0.15) is 0 Å². The lowest BCUT2D eigenvalue weighted by atomic mass is 9.97. The van der Waals surface area contributed by atoms with Crippen LogP contribution in [-0.2, 0) is 22.5 Å². The molecule has 0 bridgehead atoms. The van der Waals surface area contributed by atoms with Crippen molar-refractivity contribution in [3.63, 3.8) is 0 Å². The molecule has 0 atom stereocenters. The van der Waals surface area contributed by atoms with Gasteiger partial charge in [0.2, 0.25) is 0 Å². The van der Waals surface area contributed by atoms with Crippen molar-refractivity contribution in [2.45, 2.75) is 39.7 Å². The molecule has 2 heterocycles. The minimum Gasteiger partial charge on any atom is -0.469 e. The van der Waals surface area contributed by atoms with Crippen LogP contribution in [0.2, 0.25) is 0 Å². The third-order valence-electron chi connectivity index (χ3n) is 3.96. The lowest BCUT2D eigenvalue weighted by Crippen LogP contribution is -2.46. The van der Waals surface area contributed by atoms with E-state index in [2.05, 4.69) is 34.4 Å². The molecule has 1 N–H and O–H groups in total. The second-order valence-corrected chi connectivity index (χ2v) is 6.48. The number of aromatic nitrogens is 1. The third-order valence-corrected chi connectivity index (χ3v) is 5.00. The topological polar surface area (TPSA) is 66.8 Å². The number of piperidine rings is 1. The number of guanidine groups is 1. The molecule has 2 rings (SSSR count). The zero-order chi connectivity index (χ0) is 16.7. The highest BCUT2D eigenvalue weighted by Gasteiger charge is 2.26. The van der Waals surface area contributed by atoms with Gasteiger partial charge < -0.3 is 15.0 Å². The molecule has 0 radical (unpaired) electrons. The Hall–Kier alpha value is -0.900. The fourth-order valence-electron chi connectivity index (χ4n) is 2.66. The highest BCUT2D eigenvalue weighted by atomic mass is 127. The van der Waals surface area contributed by atoms with Gasteiger partial charge in [0.1, 0.15) is 0 Å².